The molecule has 36 heavy (non-hydrogen) atoms. The Morgan fingerprint density at radius 3 is 2.50 bits per heavy atom. The lowest BCUT2D eigenvalue weighted by atomic mass is 9.93. The third kappa shape index (κ3) is 4.11. The molecule has 190 valence electrons. The number of hydrogen-bond acceptors (Lipinski definition) is 7. The van der Waals surface area contributed by atoms with E-state index in [1.807, 2.05) is 32.1 Å². The SMILES string of the molecule is CC[C@H]1CN(C(=O)OC(C)(C)C)C[C@H]1c1nnc2cnc3c(ccn3S(=O)(=O)c3ccc(C)cc3)n12. The Kier molecular flexibility index (Phi) is 5.77. The predicted octanol–water partition coefficient (Wildman–Crippen LogP) is 3.98. The number of hydrogen-bond donors (Lipinski definition) is 0. The summed E-state index contributed by atoms with van der Waals surface area (Å²) in [6.07, 6.45) is 3.53. The van der Waals surface area contributed by atoms with Crippen LogP contribution in [0.2, 0.25) is 0 Å². The highest BCUT2D eigenvalue weighted by atomic mass is 32.2. The lowest BCUT2D eigenvalue weighted by Crippen LogP contribution is -2.35. The number of rotatable bonds is 4. The fraction of sp³-hybridized carbons (Fsp3) is 0.440. The zero-order valence-corrected chi connectivity index (χ0v) is 21.9. The fourth-order valence-electron chi connectivity index (χ4n) is 4.76. The molecular weight excluding hydrogens is 480 g/mol. The number of carbonyl (C=O) groups is 1. The third-order valence-corrected chi connectivity index (χ3v) is 8.27. The van der Waals surface area contributed by atoms with Crippen molar-refractivity contribution in [3.05, 3.63) is 54.1 Å². The summed E-state index contributed by atoms with van der Waals surface area (Å²) in [5.41, 5.74) is 1.80. The van der Waals surface area contributed by atoms with Gasteiger partial charge >= 0.3 is 6.09 Å². The van der Waals surface area contributed by atoms with Crippen LogP contribution in [0, 0.1) is 12.8 Å². The number of aryl methyl sites for hydroxylation is 1. The maximum absolute atomic E-state index is 13.4. The van der Waals surface area contributed by atoms with Crippen molar-refractivity contribution in [2.75, 3.05) is 13.1 Å². The van der Waals surface area contributed by atoms with Crippen LogP contribution in [0.3, 0.4) is 0 Å². The second kappa shape index (κ2) is 8.58. The number of likely N-dealkylation sites (tertiary alicyclic amines) is 1. The van der Waals surface area contributed by atoms with E-state index in [0.29, 0.717) is 35.7 Å². The summed E-state index contributed by atoms with van der Waals surface area (Å²) in [5.74, 6) is 0.757. The molecule has 1 aliphatic heterocycles. The lowest BCUT2D eigenvalue weighted by Gasteiger charge is -2.24. The van der Waals surface area contributed by atoms with E-state index < -0.39 is 15.6 Å². The van der Waals surface area contributed by atoms with Crippen LogP contribution in [-0.2, 0) is 14.8 Å². The zero-order chi connectivity index (χ0) is 25.8. The van der Waals surface area contributed by atoms with Crippen LogP contribution in [0.5, 0.6) is 0 Å². The van der Waals surface area contributed by atoms with E-state index in [0.717, 1.165) is 12.0 Å². The number of aromatic nitrogens is 5. The van der Waals surface area contributed by atoms with Gasteiger partial charge in [0, 0.05) is 25.2 Å². The van der Waals surface area contributed by atoms with Crippen LogP contribution in [0.4, 0.5) is 4.79 Å². The lowest BCUT2D eigenvalue weighted by molar-refractivity contribution is 0.0286. The van der Waals surface area contributed by atoms with E-state index in [9.17, 15) is 13.2 Å². The maximum atomic E-state index is 13.4. The highest BCUT2D eigenvalue weighted by molar-refractivity contribution is 7.90. The molecule has 1 amide bonds. The molecule has 0 unspecified atom stereocenters. The van der Waals surface area contributed by atoms with Crippen molar-refractivity contribution >= 4 is 32.9 Å². The molecule has 0 bridgehead atoms. The Bertz CT molecular complexity index is 1550. The van der Waals surface area contributed by atoms with Gasteiger partial charge in [-0.25, -0.2) is 22.2 Å². The number of nitrogens with zero attached hydrogens (tertiary/aromatic N) is 6. The second-order valence-electron chi connectivity index (χ2n) is 10.3. The van der Waals surface area contributed by atoms with Crippen molar-refractivity contribution < 1.29 is 17.9 Å². The Labute approximate surface area is 210 Å². The van der Waals surface area contributed by atoms with Crippen LogP contribution in [0.15, 0.2) is 47.6 Å². The topological polar surface area (TPSA) is 112 Å². The molecular formula is C25H30N6O4S. The van der Waals surface area contributed by atoms with Gasteiger partial charge < -0.3 is 9.64 Å². The van der Waals surface area contributed by atoms with Crippen LogP contribution >= 0.6 is 0 Å². The van der Waals surface area contributed by atoms with Crippen molar-refractivity contribution in [1.29, 1.82) is 0 Å². The van der Waals surface area contributed by atoms with E-state index in [2.05, 4.69) is 22.1 Å². The Hall–Kier alpha value is -3.47. The molecule has 1 fully saturated rings. The zero-order valence-electron chi connectivity index (χ0n) is 21.0. The second-order valence-corrected chi connectivity index (χ2v) is 12.1. The molecule has 3 aromatic heterocycles. The summed E-state index contributed by atoms with van der Waals surface area (Å²) in [6.45, 7) is 10.5. The van der Waals surface area contributed by atoms with E-state index in [-0.39, 0.29) is 22.8 Å². The Morgan fingerprint density at radius 2 is 1.83 bits per heavy atom. The first-order valence-electron chi connectivity index (χ1n) is 12.0. The first-order chi connectivity index (χ1) is 17.0. The molecule has 5 rings (SSSR count). The van der Waals surface area contributed by atoms with Gasteiger partial charge in [-0.15, -0.1) is 10.2 Å². The highest BCUT2D eigenvalue weighted by Gasteiger charge is 2.39. The molecule has 0 spiro atoms. The molecule has 1 aromatic carbocycles. The Morgan fingerprint density at radius 1 is 1.11 bits per heavy atom. The van der Waals surface area contributed by atoms with Crippen molar-refractivity contribution in [2.45, 2.75) is 57.5 Å². The average molecular weight is 511 g/mol. The average Bonchev–Trinajstić information content (AvgIpc) is 3.53. The van der Waals surface area contributed by atoms with Crippen molar-refractivity contribution in [3.63, 3.8) is 0 Å². The molecule has 4 aromatic rings. The minimum Gasteiger partial charge on any atom is -0.444 e. The number of amides is 1. The molecule has 4 heterocycles. The maximum Gasteiger partial charge on any atom is 0.410 e. The Balaban J connectivity index is 1.57. The third-order valence-electron chi connectivity index (χ3n) is 6.59. The summed E-state index contributed by atoms with van der Waals surface area (Å²) in [6, 6.07) is 8.44. The van der Waals surface area contributed by atoms with Crippen LogP contribution in [0.1, 0.15) is 51.4 Å². The molecule has 0 N–H and O–H groups in total. The van der Waals surface area contributed by atoms with Crippen LogP contribution < -0.4 is 0 Å². The van der Waals surface area contributed by atoms with E-state index >= 15 is 0 Å². The summed E-state index contributed by atoms with van der Waals surface area (Å²) >= 11 is 0. The molecule has 1 saturated heterocycles. The van der Waals surface area contributed by atoms with Gasteiger partial charge in [0.1, 0.15) is 11.4 Å². The van der Waals surface area contributed by atoms with E-state index in [4.69, 9.17) is 4.74 Å². The molecule has 0 radical (unpaired) electrons. The normalized spacial score (nSPS) is 18.9. The fourth-order valence-corrected chi connectivity index (χ4v) is 6.06. The van der Waals surface area contributed by atoms with E-state index in [1.54, 1.807) is 35.2 Å². The van der Waals surface area contributed by atoms with Gasteiger partial charge in [0.05, 0.1) is 16.6 Å². The summed E-state index contributed by atoms with van der Waals surface area (Å²) in [4.78, 5) is 19.1. The summed E-state index contributed by atoms with van der Waals surface area (Å²) < 4.78 is 35.4. The molecule has 2 atom stereocenters. The standard InChI is InChI=1S/C25H30N6O4S/c1-6-17-14-29(24(32)35-25(3,4)5)15-19(17)22-28-27-21-13-26-23-20(31(21)22)11-12-30(23)36(33,34)18-9-7-16(2)8-10-18/h7-13,17,19H,6,14-15H2,1-5H3/t17-,19+/m0/s1. The van der Waals surface area contributed by atoms with E-state index in [1.165, 1.54) is 16.4 Å². The van der Waals surface area contributed by atoms with Crippen molar-refractivity contribution in [3.8, 4) is 0 Å². The van der Waals surface area contributed by atoms with Gasteiger partial charge in [-0.1, -0.05) is 31.0 Å². The van der Waals surface area contributed by atoms with Gasteiger partial charge in [0.15, 0.2) is 11.3 Å². The first kappa shape index (κ1) is 24.2. The number of benzene rings is 1. The molecule has 0 saturated carbocycles. The largest absolute Gasteiger partial charge is 0.444 e. The highest BCUT2D eigenvalue weighted by Crippen LogP contribution is 2.36. The smallest absolute Gasteiger partial charge is 0.410 e. The number of fused-ring (bicyclic) bond motifs is 3. The van der Waals surface area contributed by atoms with Crippen molar-refractivity contribution in [1.82, 2.24) is 28.5 Å². The molecule has 1 aliphatic rings. The summed E-state index contributed by atoms with van der Waals surface area (Å²) in [7, 11) is -3.84. The summed E-state index contributed by atoms with van der Waals surface area (Å²) in [5, 5.41) is 8.78. The van der Waals surface area contributed by atoms with Gasteiger partial charge in [-0.3, -0.25) is 4.40 Å². The molecule has 0 aliphatic carbocycles. The predicted molar refractivity (Wildman–Crippen MR) is 134 cm³/mol. The first-order valence-corrected chi connectivity index (χ1v) is 13.4. The minimum atomic E-state index is -3.84. The van der Waals surface area contributed by atoms with Gasteiger partial charge in [-0.2, -0.15) is 0 Å². The van der Waals surface area contributed by atoms with Gasteiger partial charge in [0.25, 0.3) is 10.0 Å². The van der Waals surface area contributed by atoms with Crippen LogP contribution in [-0.4, -0.2) is 61.7 Å². The number of carbonyl (C=O) groups excluding carboxylic acids is 1. The van der Waals surface area contributed by atoms with Crippen molar-refractivity contribution in [2.24, 2.45) is 5.92 Å². The van der Waals surface area contributed by atoms with Crippen LogP contribution in [0.25, 0.3) is 16.8 Å². The molecule has 10 nitrogen and oxygen atoms in total. The monoisotopic (exact) mass is 510 g/mol. The number of ether oxygens (including phenoxy) is 1. The van der Waals surface area contributed by atoms with Gasteiger partial charge in [0.2, 0.25) is 0 Å². The molecule has 11 heteroatoms. The quantitative estimate of drug-likeness (QED) is 0.408. The minimum absolute atomic E-state index is 0.0832. The van der Waals surface area contributed by atoms with Gasteiger partial charge in [-0.05, 0) is 51.8 Å².